The molecule has 3 nitrogen and oxygen atoms in total. The number of rotatable bonds is 4. The van der Waals surface area contributed by atoms with Crippen LogP contribution in [0.2, 0.25) is 0 Å². The SMILES string of the molecule is CCNC(C)c1ccc(N2CC(C)N(C)C(C)C2)cc1Br. The molecule has 1 aliphatic heterocycles. The lowest BCUT2D eigenvalue weighted by Gasteiger charge is -2.43. The van der Waals surface area contributed by atoms with Crippen LogP contribution in [0.3, 0.4) is 0 Å². The molecule has 1 aliphatic rings. The Bertz CT molecular complexity index is 465. The summed E-state index contributed by atoms with van der Waals surface area (Å²) in [5.41, 5.74) is 2.65. The third-order valence-electron chi connectivity index (χ3n) is 4.69. The fourth-order valence-corrected chi connectivity index (χ4v) is 3.81. The molecule has 1 aromatic rings. The molecule has 21 heavy (non-hydrogen) atoms. The van der Waals surface area contributed by atoms with E-state index in [0.717, 1.165) is 19.6 Å². The van der Waals surface area contributed by atoms with Gasteiger partial charge in [0.25, 0.3) is 0 Å². The fourth-order valence-electron chi connectivity index (χ4n) is 3.10. The molecule has 1 fully saturated rings. The molecule has 0 saturated carbocycles. The van der Waals surface area contributed by atoms with Gasteiger partial charge in [-0.1, -0.05) is 28.9 Å². The smallest absolute Gasteiger partial charge is 0.0378 e. The lowest BCUT2D eigenvalue weighted by molar-refractivity contribution is 0.170. The quantitative estimate of drug-likeness (QED) is 0.891. The molecule has 3 unspecified atom stereocenters. The summed E-state index contributed by atoms with van der Waals surface area (Å²) >= 11 is 3.75. The molecule has 0 aliphatic carbocycles. The molecule has 0 aromatic heterocycles. The monoisotopic (exact) mass is 353 g/mol. The number of halogens is 1. The molecule has 0 amide bonds. The van der Waals surface area contributed by atoms with Crippen molar-refractivity contribution < 1.29 is 0 Å². The number of benzene rings is 1. The summed E-state index contributed by atoms with van der Waals surface area (Å²) < 4.78 is 1.20. The summed E-state index contributed by atoms with van der Waals surface area (Å²) in [6, 6.07) is 8.34. The first-order valence-electron chi connectivity index (χ1n) is 7.93. The molecule has 0 bridgehead atoms. The predicted molar refractivity (Wildman–Crippen MR) is 95.1 cm³/mol. The van der Waals surface area contributed by atoms with Gasteiger partial charge >= 0.3 is 0 Å². The van der Waals surface area contributed by atoms with E-state index in [4.69, 9.17) is 0 Å². The molecule has 3 atom stereocenters. The van der Waals surface area contributed by atoms with Crippen molar-refractivity contribution in [3.63, 3.8) is 0 Å². The molecule has 2 rings (SSSR count). The highest BCUT2D eigenvalue weighted by Gasteiger charge is 2.26. The zero-order valence-electron chi connectivity index (χ0n) is 13.9. The van der Waals surface area contributed by atoms with E-state index in [-0.39, 0.29) is 0 Å². The highest BCUT2D eigenvalue weighted by molar-refractivity contribution is 9.10. The summed E-state index contributed by atoms with van der Waals surface area (Å²) in [6.07, 6.45) is 0. The van der Waals surface area contributed by atoms with Crippen LogP contribution in [0.15, 0.2) is 22.7 Å². The lowest BCUT2D eigenvalue weighted by atomic mass is 10.1. The Kier molecular flexibility index (Phi) is 5.69. The highest BCUT2D eigenvalue weighted by Crippen LogP contribution is 2.30. The number of nitrogens with one attached hydrogen (secondary N) is 1. The molecule has 0 spiro atoms. The van der Waals surface area contributed by atoms with Crippen molar-refractivity contribution in [3.8, 4) is 0 Å². The van der Waals surface area contributed by atoms with E-state index >= 15 is 0 Å². The minimum atomic E-state index is 0.378. The van der Waals surface area contributed by atoms with Crippen molar-refractivity contribution >= 4 is 21.6 Å². The maximum atomic E-state index is 3.75. The number of likely N-dealkylation sites (N-methyl/N-ethyl adjacent to an activating group) is 1. The Balaban J connectivity index is 2.16. The van der Waals surface area contributed by atoms with Crippen molar-refractivity contribution in [2.45, 2.75) is 45.8 Å². The Morgan fingerprint density at radius 2 is 1.90 bits per heavy atom. The van der Waals surface area contributed by atoms with Crippen molar-refractivity contribution in [2.75, 3.05) is 31.6 Å². The molecule has 1 saturated heterocycles. The van der Waals surface area contributed by atoms with Crippen molar-refractivity contribution in [2.24, 2.45) is 0 Å². The number of hydrogen-bond donors (Lipinski definition) is 1. The van der Waals surface area contributed by atoms with Crippen LogP contribution in [0.5, 0.6) is 0 Å². The van der Waals surface area contributed by atoms with Crippen molar-refractivity contribution in [1.29, 1.82) is 0 Å². The van der Waals surface area contributed by atoms with Gasteiger partial charge in [0.1, 0.15) is 0 Å². The number of anilines is 1. The molecular weight excluding hydrogens is 326 g/mol. The van der Waals surface area contributed by atoms with Gasteiger partial charge in [0.2, 0.25) is 0 Å². The van der Waals surface area contributed by atoms with Crippen LogP contribution in [-0.4, -0.2) is 43.7 Å². The zero-order valence-corrected chi connectivity index (χ0v) is 15.4. The predicted octanol–water partition coefficient (Wildman–Crippen LogP) is 3.65. The molecule has 118 valence electrons. The molecule has 0 radical (unpaired) electrons. The van der Waals surface area contributed by atoms with Crippen LogP contribution < -0.4 is 10.2 Å². The third-order valence-corrected chi connectivity index (χ3v) is 5.37. The van der Waals surface area contributed by atoms with E-state index in [1.165, 1.54) is 15.7 Å². The summed E-state index contributed by atoms with van der Waals surface area (Å²) in [4.78, 5) is 4.97. The van der Waals surface area contributed by atoms with Gasteiger partial charge < -0.3 is 10.2 Å². The normalized spacial score (nSPS) is 25.1. The topological polar surface area (TPSA) is 18.5 Å². The first-order valence-corrected chi connectivity index (χ1v) is 8.73. The van der Waals surface area contributed by atoms with Gasteiger partial charge in [-0.05, 0) is 52.1 Å². The Morgan fingerprint density at radius 3 is 2.43 bits per heavy atom. The van der Waals surface area contributed by atoms with E-state index in [9.17, 15) is 0 Å². The highest BCUT2D eigenvalue weighted by atomic mass is 79.9. The van der Waals surface area contributed by atoms with Gasteiger partial charge in [0.05, 0.1) is 0 Å². The maximum Gasteiger partial charge on any atom is 0.0378 e. The van der Waals surface area contributed by atoms with E-state index in [2.05, 4.69) is 84.0 Å². The summed E-state index contributed by atoms with van der Waals surface area (Å²) in [6.45, 7) is 12.1. The molecule has 1 heterocycles. The maximum absolute atomic E-state index is 3.75. The standard InChI is InChI=1S/C17H28BrN3/c1-6-19-14(4)16-8-7-15(9-17(16)18)21-10-12(2)20(5)13(3)11-21/h7-9,12-14,19H,6,10-11H2,1-5H3. The first kappa shape index (κ1) is 16.8. The second-order valence-electron chi connectivity index (χ2n) is 6.25. The van der Waals surface area contributed by atoms with Crippen LogP contribution in [0.1, 0.15) is 39.3 Å². The second-order valence-corrected chi connectivity index (χ2v) is 7.11. The fraction of sp³-hybridized carbons (Fsp3) is 0.647. The Morgan fingerprint density at radius 1 is 1.29 bits per heavy atom. The van der Waals surface area contributed by atoms with Gasteiger partial charge in [-0.3, -0.25) is 4.90 Å². The third kappa shape index (κ3) is 3.79. The van der Waals surface area contributed by atoms with Crippen LogP contribution in [0.4, 0.5) is 5.69 Å². The Labute approximate surface area is 137 Å². The number of piperazine rings is 1. The van der Waals surface area contributed by atoms with Crippen molar-refractivity contribution in [1.82, 2.24) is 10.2 Å². The summed E-state index contributed by atoms with van der Waals surface area (Å²) in [5.74, 6) is 0. The molecule has 1 aromatic carbocycles. The van der Waals surface area contributed by atoms with Gasteiger partial charge in [-0.25, -0.2) is 0 Å². The number of nitrogens with zero attached hydrogens (tertiary/aromatic N) is 2. The van der Waals surface area contributed by atoms with Gasteiger partial charge in [0, 0.05) is 41.4 Å². The summed E-state index contributed by atoms with van der Waals surface area (Å²) in [5, 5.41) is 3.47. The minimum absolute atomic E-state index is 0.378. The first-order chi connectivity index (χ1) is 9.93. The van der Waals surface area contributed by atoms with Crippen LogP contribution in [0, 0.1) is 0 Å². The van der Waals surface area contributed by atoms with E-state index in [1.807, 2.05) is 0 Å². The largest absolute Gasteiger partial charge is 0.368 e. The lowest BCUT2D eigenvalue weighted by Crippen LogP contribution is -2.55. The molecule has 1 N–H and O–H groups in total. The van der Waals surface area contributed by atoms with Crippen molar-refractivity contribution in [3.05, 3.63) is 28.2 Å². The zero-order chi connectivity index (χ0) is 15.6. The van der Waals surface area contributed by atoms with Gasteiger partial charge in [0.15, 0.2) is 0 Å². The van der Waals surface area contributed by atoms with Crippen LogP contribution in [0.25, 0.3) is 0 Å². The van der Waals surface area contributed by atoms with E-state index in [0.29, 0.717) is 18.1 Å². The van der Waals surface area contributed by atoms with Crippen LogP contribution in [-0.2, 0) is 0 Å². The average molecular weight is 354 g/mol. The van der Waals surface area contributed by atoms with E-state index < -0.39 is 0 Å². The second kappa shape index (κ2) is 7.12. The number of hydrogen-bond acceptors (Lipinski definition) is 3. The average Bonchev–Trinajstić information content (AvgIpc) is 2.44. The van der Waals surface area contributed by atoms with Crippen LogP contribution >= 0.6 is 15.9 Å². The van der Waals surface area contributed by atoms with Gasteiger partial charge in [-0.2, -0.15) is 0 Å². The van der Waals surface area contributed by atoms with E-state index in [1.54, 1.807) is 0 Å². The van der Waals surface area contributed by atoms with Gasteiger partial charge in [-0.15, -0.1) is 0 Å². The summed E-state index contributed by atoms with van der Waals surface area (Å²) in [7, 11) is 2.23. The molecule has 4 heteroatoms. The molecular formula is C17H28BrN3. The minimum Gasteiger partial charge on any atom is -0.368 e. The Hall–Kier alpha value is -0.580.